The maximum absolute atomic E-state index is 12.5. The number of nitrogens with zero attached hydrogens (tertiary/aromatic N) is 4. The van der Waals surface area contributed by atoms with Crippen molar-refractivity contribution in [2.75, 3.05) is 57.8 Å². The molecule has 1 aliphatic heterocycles. The number of carbonyl (C=O) groups excluding carboxylic acids is 1. The fourth-order valence-electron chi connectivity index (χ4n) is 3.37. The second-order valence-corrected chi connectivity index (χ2v) is 7.39. The third-order valence-corrected chi connectivity index (χ3v) is 5.14. The number of aromatic nitrogens is 1. The summed E-state index contributed by atoms with van der Waals surface area (Å²) in [6.45, 7) is 6.80. The maximum atomic E-state index is 12.5. The van der Waals surface area contributed by atoms with Crippen LogP contribution in [0.3, 0.4) is 0 Å². The molecule has 0 aliphatic carbocycles. The summed E-state index contributed by atoms with van der Waals surface area (Å²) in [4.78, 5) is 25.2. The Labute approximate surface area is 207 Å². The zero-order chi connectivity index (χ0) is 21.9. The van der Waals surface area contributed by atoms with Crippen molar-refractivity contribution in [2.45, 2.75) is 13.3 Å². The van der Waals surface area contributed by atoms with Crippen molar-refractivity contribution in [1.29, 1.82) is 0 Å². The largest absolute Gasteiger partial charge is 0.492 e. The Bertz CT molecular complexity index is 839. The van der Waals surface area contributed by atoms with E-state index in [0.717, 1.165) is 37.7 Å². The standard InChI is InChI=1S/C23H32N6O2.HI/c1-19-6-8-20(9-7-19)31-18-13-27-23(24-2)26-12-10-22(30)29-16-14-28(15-17-29)21-5-3-4-11-25-21;/h3-9,11H,10,12-18H2,1-2H3,(H2,24,26,27);1H. The average molecular weight is 552 g/mol. The Morgan fingerprint density at radius 1 is 1.06 bits per heavy atom. The first-order valence-corrected chi connectivity index (χ1v) is 10.7. The fraction of sp³-hybridized carbons (Fsp3) is 0.435. The van der Waals surface area contributed by atoms with Crippen LogP contribution in [0.4, 0.5) is 5.82 Å². The highest BCUT2D eigenvalue weighted by atomic mass is 127. The summed E-state index contributed by atoms with van der Waals surface area (Å²) >= 11 is 0. The van der Waals surface area contributed by atoms with Crippen molar-refractivity contribution in [1.82, 2.24) is 20.5 Å². The molecule has 2 N–H and O–H groups in total. The van der Waals surface area contributed by atoms with Gasteiger partial charge in [-0.05, 0) is 31.2 Å². The van der Waals surface area contributed by atoms with Crippen LogP contribution in [0.5, 0.6) is 5.75 Å². The number of ether oxygens (including phenoxy) is 1. The summed E-state index contributed by atoms with van der Waals surface area (Å²) in [5.41, 5.74) is 1.21. The Morgan fingerprint density at radius 3 is 2.44 bits per heavy atom. The molecule has 1 fully saturated rings. The molecule has 0 spiro atoms. The van der Waals surface area contributed by atoms with Gasteiger partial charge in [0.15, 0.2) is 5.96 Å². The average Bonchev–Trinajstić information content (AvgIpc) is 2.82. The number of aliphatic imine (C=N–C) groups is 1. The van der Waals surface area contributed by atoms with Crippen LogP contribution < -0.4 is 20.3 Å². The van der Waals surface area contributed by atoms with E-state index >= 15 is 0 Å². The SMILES string of the molecule is CN=C(NCCOc1ccc(C)cc1)NCCC(=O)N1CCN(c2ccccn2)CC1.I. The van der Waals surface area contributed by atoms with Crippen molar-refractivity contribution < 1.29 is 9.53 Å². The molecule has 0 atom stereocenters. The van der Waals surface area contributed by atoms with Gasteiger partial charge in [-0.2, -0.15) is 0 Å². The maximum Gasteiger partial charge on any atom is 0.224 e. The van der Waals surface area contributed by atoms with E-state index in [0.29, 0.717) is 32.1 Å². The van der Waals surface area contributed by atoms with Gasteiger partial charge in [0, 0.05) is 52.4 Å². The van der Waals surface area contributed by atoms with E-state index < -0.39 is 0 Å². The third kappa shape index (κ3) is 8.18. The molecule has 0 bridgehead atoms. The molecular weight excluding hydrogens is 519 g/mol. The summed E-state index contributed by atoms with van der Waals surface area (Å²) in [5.74, 6) is 2.65. The quantitative estimate of drug-likeness (QED) is 0.227. The number of nitrogens with one attached hydrogen (secondary N) is 2. The molecule has 1 amide bonds. The number of piperazine rings is 1. The molecule has 32 heavy (non-hydrogen) atoms. The summed E-state index contributed by atoms with van der Waals surface area (Å²) in [6, 6.07) is 13.9. The van der Waals surface area contributed by atoms with Gasteiger partial charge in [0.25, 0.3) is 0 Å². The monoisotopic (exact) mass is 552 g/mol. The van der Waals surface area contributed by atoms with Gasteiger partial charge in [0.1, 0.15) is 18.2 Å². The number of guanidine groups is 1. The van der Waals surface area contributed by atoms with E-state index in [1.807, 2.05) is 54.3 Å². The Kier molecular flexibility index (Phi) is 11.1. The minimum absolute atomic E-state index is 0. The number of hydrogen-bond acceptors (Lipinski definition) is 5. The van der Waals surface area contributed by atoms with Crippen LogP contribution in [0.1, 0.15) is 12.0 Å². The molecule has 1 aliphatic rings. The van der Waals surface area contributed by atoms with Gasteiger partial charge in [-0.1, -0.05) is 23.8 Å². The van der Waals surface area contributed by atoms with Crippen LogP contribution in [-0.2, 0) is 4.79 Å². The summed E-state index contributed by atoms with van der Waals surface area (Å²) in [6.07, 6.45) is 2.23. The topological polar surface area (TPSA) is 82.1 Å². The molecule has 0 unspecified atom stereocenters. The molecule has 2 aromatic rings. The minimum Gasteiger partial charge on any atom is -0.492 e. The fourth-order valence-corrected chi connectivity index (χ4v) is 3.37. The first kappa shape index (κ1) is 25.7. The Morgan fingerprint density at radius 2 is 1.78 bits per heavy atom. The molecule has 1 aromatic heterocycles. The number of carbonyl (C=O) groups is 1. The van der Waals surface area contributed by atoms with Gasteiger partial charge in [-0.25, -0.2) is 4.98 Å². The number of halogens is 1. The molecule has 9 heteroatoms. The molecule has 2 heterocycles. The van der Waals surface area contributed by atoms with E-state index in [1.165, 1.54) is 5.56 Å². The van der Waals surface area contributed by atoms with E-state index in [9.17, 15) is 4.79 Å². The van der Waals surface area contributed by atoms with Crippen LogP contribution in [0, 0.1) is 6.92 Å². The van der Waals surface area contributed by atoms with Gasteiger partial charge in [0.2, 0.25) is 5.91 Å². The summed E-state index contributed by atoms with van der Waals surface area (Å²) in [7, 11) is 1.72. The van der Waals surface area contributed by atoms with E-state index in [2.05, 4.69) is 25.5 Å². The van der Waals surface area contributed by atoms with Crippen molar-refractivity contribution in [3.05, 3.63) is 54.2 Å². The number of hydrogen-bond donors (Lipinski definition) is 2. The molecular formula is C23H33IN6O2. The van der Waals surface area contributed by atoms with E-state index in [1.54, 1.807) is 13.2 Å². The first-order valence-electron chi connectivity index (χ1n) is 10.7. The van der Waals surface area contributed by atoms with Gasteiger partial charge < -0.3 is 25.2 Å². The predicted molar refractivity (Wildman–Crippen MR) is 139 cm³/mol. The van der Waals surface area contributed by atoms with E-state index in [4.69, 9.17) is 4.74 Å². The second-order valence-electron chi connectivity index (χ2n) is 7.39. The number of benzene rings is 1. The van der Waals surface area contributed by atoms with Crippen LogP contribution in [0.15, 0.2) is 53.7 Å². The van der Waals surface area contributed by atoms with Gasteiger partial charge in [0.05, 0.1) is 6.54 Å². The van der Waals surface area contributed by atoms with Crippen molar-refractivity contribution in [2.24, 2.45) is 4.99 Å². The first-order chi connectivity index (χ1) is 15.2. The summed E-state index contributed by atoms with van der Waals surface area (Å²) in [5, 5.41) is 6.40. The van der Waals surface area contributed by atoms with Gasteiger partial charge in [-0.3, -0.25) is 9.79 Å². The zero-order valence-electron chi connectivity index (χ0n) is 18.8. The lowest BCUT2D eigenvalue weighted by atomic mass is 10.2. The number of rotatable bonds is 8. The summed E-state index contributed by atoms with van der Waals surface area (Å²) < 4.78 is 5.70. The predicted octanol–water partition coefficient (Wildman–Crippen LogP) is 2.29. The number of aryl methyl sites for hydroxylation is 1. The molecule has 1 saturated heterocycles. The minimum atomic E-state index is 0. The highest BCUT2D eigenvalue weighted by Crippen LogP contribution is 2.13. The lowest BCUT2D eigenvalue weighted by Crippen LogP contribution is -2.49. The molecule has 174 valence electrons. The van der Waals surface area contributed by atoms with Crippen LogP contribution in [0.2, 0.25) is 0 Å². The van der Waals surface area contributed by atoms with Crippen LogP contribution >= 0.6 is 24.0 Å². The number of anilines is 1. The molecule has 0 saturated carbocycles. The molecule has 3 rings (SSSR count). The Balaban J connectivity index is 0.00000363. The second kappa shape index (κ2) is 13.8. The normalized spacial score (nSPS) is 13.9. The molecule has 8 nitrogen and oxygen atoms in total. The Hall–Kier alpha value is -2.56. The van der Waals surface area contributed by atoms with Crippen molar-refractivity contribution in [3.63, 3.8) is 0 Å². The number of pyridine rings is 1. The van der Waals surface area contributed by atoms with Gasteiger partial charge in [-0.15, -0.1) is 24.0 Å². The van der Waals surface area contributed by atoms with Crippen LogP contribution in [0.25, 0.3) is 0 Å². The van der Waals surface area contributed by atoms with Crippen molar-refractivity contribution in [3.8, 4) is 5.75 Å². The smallest absolute Gasteiger partial charge is 0.224 e. The van der Waals surface area contributed by atoms with Crippen molar-refractivity contribution >= 4 is 41.7 Å². The van der Waals surface area contributed by atoms with E-state index in [-0.39, 0.29) is 29.9 Å². The van der Waals surface area contributed by atoms with Gasteiger partial charge >= 0.3 is 0 Å². The zero-order valence-corrected chi connectivity index (χ0v) is 21.1. The van der Waals surface area contributed by atoms with Crippen LogP contribution in [-0.4, -0.2) is 74.7 Å². The molecule has 1 aromatic carbocycles. The lowest BCUT2D eigenvalue weighted by molar-refractivity contribution is -0.131. The highest BCUT2D eigenvalue weighted by Gasteiger charge is 2.21. The molecule has 0 radical (unpaired) electrons. The highest BCUT2D eigenvalue weighted by molar-refractivity contribution is 14.0. The number of amides is 1. The lowest BCUT2D eigenvalue weighted by Gasteiger charge is -2.35. The third-order valence-electron chi connectivity index (χ3n) is 5.14.